The molecular weight excluding hydrogens is 613 g/mol. The summed E-state index contributed by atoms with van der Waals surface area (Å²) in [7, 11) is -1.18. The van der Waals surface area contributed by atoms with Crippen LogP contribution in [0.4, 0.5) is 5.69 Å². The molecule has 0 aliphatic carbocycles. The van der Waals surface area contributed by atoms with Crippen molar-refractivity contribution in [3.05, 3.63) is 87.9 Å². The lowest BCUT2D eigenvalue weighted by Crippen LogP contribution is -2.54. The fraction of sp³-hybridized carbons (Fsp3) is 0.355. The van der Waals surface area contributed by atoms with E-state index in [0.29, 0.717) is 27.8 Å². The molecule has 232 valence electrons. The lowest BCUT2D eigenvalue weighted by atomic mass is 10.0. The molecule has 2 atom stereocenters. The molecule has 0 aromatic heterocycles. The number of amides is 2. The number of nitrogens with one attached hydrogen (secondary N) is 1. The highest BCUT2D eigenvalue weighted by Gasteiger charge is 2.35. The Kier molecular flexibility index (Phi) is 12.1. The van der Waals surface area contributed by atoms with Crippen LogP contribution in [0.15, 0.2) is 66.7 Å². The van der Waals surface area contributed by atoms with Crippen molar-refractivity contribution in [1.82, 2.24) is 10.2 Å². The number of anilines is 1. The van der Waals surface area contributed by atoms with Crippen molar-refractivity contribution >= 4 is 50.7 Å². The summed E-state index contributed by atoms with van der Waals surface area (Å²) in [4.78, 5) is 29.5. The van der Waals surface area contributed by atoms with E-state index >= 15 is 0 Å². The molecule has 0 unspecified atom stereocenters. The molecule has 2 amide bonds. The molecule has 0 saturated carbocycles. The predicted octanol–water partition coefficient (Wildman–Crippen LogP) is 5.33. The van der Waals surface area contributed by atoms with E-state index in [-0.39, 0.29) is 36.4 Å². The molecule has 0 aliphatic heterocycles. The van der Waals surface area contributed by atoms with E-state index in [2.05, 4.69) is 5.32 Å². The zero-order valence-electron chi connectivity index (χ0n) is 24.8. The molecule has 0 radical (unpaired) electrons. The van der Waals surface area contributed by atoms with Crippen LogP contribution >= 0.6 is 23.2 Å². The second kappa shape index (κ2) is 15.3. The van der Waals surface area contributed by atoms with Gasteiger partial charge in [0, 0.05) is 40.7 Å². The number of carbonyl (C=O) groups excluding carboxylic acids is 2. The van der Waals surface area contributed by atoms with Gasteiger partial charge in [-0.05, 0) is 43.2 Å². The van der Waals surface area contributed by atoms with Gasteiger partial charge in [-0.2, -0.15) is 0 Å². The van der Waals surface area contributed by atoms with Crippen LogP contribution in [0, 0.1) is 0 Å². The first kappa shape index (κ1) is 34.0. The van der Waals surface area contributed by atoms with E-state index in [0.717, 1.165) is 16.1 Å². The Hall–Kier alpha value is -3.47. The topological polar surface area (TPSA) is 105 Å². The summed E-state index contributed by atoms with van der Waals surface area (Å²) >= 11 is 13.0. The van der Waals surface area contributed by atoms with Crippen molar-refractivity contribution in [3.8, 4) is 11.5 Å². The highest BCUT2D eigenvalue weighted by molar-refractivity contribution is 7.92. The molecule has 3 rings (SSSR count). The third-order valence-corrected chi connectivity index (χ3v) is 8.83. The molecule has 9 nitrogen and oxygen atoms in total. The lowest BCUT2D eigenvalue weighted by Gasteiger charge is -2.34. The Morgan fingerprint density at radius 2 is 1.60 bits per heavy atom. The number of benzene rings is 3. The Morgan fingerprint density at radius 3 is 2.16 bits per heavy atom. The summed E-state index contributed by atoms with van der Waals surface area (Å²) < 4.78 is 37.9. The van der Waals surface area contributed by atoms with Crippen LogP contribution in [0.2, 0.25) is 10.0 Å². The van der Waals surface area contributed by atoms with Gasteiger partial charge in [-0.25, -0.2) is 8.42 Å². The maximum Gasteiger partial charge on any atom is 0.244 e. The molecule has 3 aromatic carbocycles. The van der Waals surface area contributed by atoms with Crippen molar-refractivity contribution in [3.63, 3.8) is 0 Å². The van der Waals surface area contributed by atoms with Gasteiger partial charge < -0.3 is 19.7 Å². The van der Waals surface area contributed by atoms with Crippen LogP contribution in [-0.4, -0.2) is 64.2 Å². The number of sulfonamides is 1. The maximum absolute atomic E-state index is 14.3. The van der Waals surface area contributed by atoms with Crippen molar-refractivity contribution in [2.24, 2.45) is 0 Å². The number of halogens is 2. The fourth-order valence-electron chi connectivity index (χ4n) is 4.44. The van der Waals surface area contributed by atoms with E-state index in [4.69, 9.17) is 32.7 Å². The molecule has 43 heavy (non-hydrogen) atoms. The van der Waals surface area contributed by atoms with E-state index in [9.17, 15) is 18.0 Å². The Labute approximate surface area is 263 Å². The average molecular weight is 651 g/mol. The minimum absolute atomic E-state index is 0.108. The molecule has 0 aliphatic rings. The molecule has 0 heterocycles. The highest BCUT2D eigenvalue weighted by atomic mass is 35.5. The standard InChI is InChI=1S/C31H37Cl2N3O6S/c1-6-21(2)34-31(38)28(17-22-11-8-7-9-12-22)35(19-24-25(32)13-10-14-26(24)33)30(37)20-36(43(5,39)40)27-18-23(41-3)15-16-29(27)42-4/h7-16,18,21,28H,6,17,19-20H2,1-5H3,(H,34,38)/t21-,28-/m0/s1. The highest BCUT2D eigenvalue weighted by Crippen LogP contribution is 2.34. The monoisotopic (exact) mass is 649 g/mol. The first-order chi connectivity index (χ1) is 20.4. The lowest BCUT2D eigenvalue weighted by molar-refractivity contribution is -0.140. The van der Waals surface area contributed by atoms with Gasteiger partial charge in [-0.15, -0.1) is 0 Å². The number of carbonyl (C=O) groups is 2. The van der Waals surface area contributed by atoms with E-state index in [1.165, 1.54) is 25.2 Å². The summed E-state index contributed by atoms with van der Waals surface area (Å²) in [6.07, 6.45) is 1.83. The maximum atomic E-state index is 14.3. The summed E-state index contributed by atoms with van der Waals surface area (Å²) in [6.45, 7) is 3.03. The van der Waals surface area contributed by atoms with Crippen LogP contribution in [0.25, 0.3) is 0 Å². The van der Waals surface area contributed by atoms with Crippen molar-refractivity contribution in [2.45, 2.75) is 45.3 Å². The summed E-state index contributed by atoms with van der Waals surface area (Å²) in [5.74, 6) is -0.451. The molecule has 3 aromatic rings. The van der Waals surface area contributed by atoms with Crippen LogP contribution in [0.1, 0.15) is 31.4 Å². The zero-order valence-corrected chi connectivity index (χ0v) is 27.2. The van der Waals surface area contributed by atoms with Gasteiger partial charge in [-0.3, -0.25) is 13.9 Å². The van der Waals surface area contributed by atoms with Crippen molar-refractivity contribution < 1.29 is 27.5 Å². The number of hydrogen-bond acceptors (Lipinski definition) is 6. The summed E-state index contributed by atoms with van der Waals surface area (Å²) in [5, 5.41) is 3.59. The number of methoxy groups -OCH3 is 2. The first-order valence-electron chi connectivity index (χ1n) is 13.7. The first-order valence-corrected chi connectivity index (χ1v) is 16.3. The van der Waals surface area contributed by atoms with Crippen LogP contribution in [0.3, 0.4) is 0 Å². The number of hydrogen-bond donors (Lipinski definition) is 1. The molecule has 0 saturated heterocycles. The molecule has 1 N–H and O–H groups in total. The Bertz CT molecular complexity index is 1500. The summed E-state index contributed by atoms with van der Waals surface area (Å²) in [5.41, 5.74) is 1.35. The normalized spacial score (nSPS) is 12.6. The number of nitrogens with zero attached hydrogens (tertiary/aromatic N) is 2. The van der Waals surface area contributed by atoms with Gasteiger partial charge in [0.15, 0.2) is 0 Å². The van der Waals surface area contributed by atoms with Gasteiger partial charge >= 0.3 is 0 Å². The molecule has 0 bridgehead atoms. The van der Waals surface area contributed by atoms with Gasteiger partial charge in [0.25, 0.3) is 0 Å². The molecule has 12 heteroatoms. The number of rotatable bonds is 14. The fourth-order valence-corrected chi connectivity index (χ4v) is 5.80. The third kappa shape index (κ3) is 9.01. The molecular formula is C31H37Cl2N3O6S. The Morgan fingerprint density at radius 1 is 0.953 bits per heavy atom. The van der Waals surface area contributed by atoms with Crippen molar-refractivity contribution in [2.75, 3.05) is 31.3 Å². The van der Waals surface area contributed by atoms with Gasteiger partial charge in [0.05, 0.1) is 26.2 Å². The van der Waals surface area contributed by atoms with Gasteiger partial charge in [-0.1, -0.05) is 66.5 Å². The SMILES string of the molecule is CC[C@H](C)NC(=O)[C@H](Cc1ccccc1)N(Cc1c(Cl)cccc1Cl)C(=O)CN(c1cc(OC)ccc1OC)S(C)(=O)=O. The second-order valence-electron chi connectivity index (χ2n) is 10.1. The van der Waals surface area contributed by atoms with E-state index in [1.807, 2.05) is 44.2 Å². The molecule has 0 fully saturated rings. The predicted molar refractivity (Wildman–Crippen MR) is 171 cm³/mol. The van der Waals surface area contributed by atoms with Crippen LogP contribution in [0.5, 0.6) is 11.5 Å². The average Bonchev–Trinajstić information content (AvgIpc) is 2.98. The third-order valence-electron chi connectivity index (χ3n) is 7.00. The van der Waals surface area contributed by atoms with Crippen molar-refractivity contribution in [1.29, 1.82) is 0 Å². The number of ether oxygens (including phenoxy) is 2. The van der Waals surface area contributed by atoms with Crippen LogP contribution in [-0.2, 0) is 32.6 Å². The molecule has 0 spiro atoms. The van der Waals surface area contributed by atoms with Gasteiger partial charge in [0.2, 0.25) is 21.8 Å². The summed E-state index contributed by atoms with van der Waals surface area (Å²) in [6, 6.07) is 17.7. The van der Waals surface area contributed by atoms with Gasteiger partial charge in [0.1, 0.15) is 24.1 Å². The van der Waals surface area contributed by atoms with E-state index in [1.54, 1.807) is 30.3 Å². The zero-order chi connectivity index (χ0) is 31.7. The minimum Gasteiger partial charge on any atom is -0.497 e. The van der Waals surface area contributed by atoms with Crippen LogP contribution < -0.4 is 19.1 Å². The largest absolute Gasteiger partial charge is 0.497 e. The van der Waals surface area contributed by atoms with E-state index < -0.39 is 28.5 Å². The Balaban J connectivity index is 2.16. The second-order valence-corrected chi connectivity index (χ2v) is 12.8. The quantitative estimate of drug-likeness (QED) is 0.253. The minimum atomic E-state index is -4.02. The smallest absolute Gasteiger partial charge is 0.244 e.